The van der Waals surface area contributed by atoms with Crippen molar-refractivity contribution in [1.29, 1.82) is 0 Å². The first kappa shape index (κ1) is 8.45. The Balaban J connectivity index is 2.93. The first-order valence-electron chi connectivity index (χ1n) is 2.74. The van der Waals surface area contributed by atoms with E-state index in [-0.39, 0.29) is 5.75 Å². The van der Waals surface area contributed by atoms with E-state index >= 15 is 0 Å². The van der Waals surface area contributed by atoms with Crippen molar-refractivity contribution in [1.82, 2.24) is 0 Å². The van der Waals surface area contributed by atoms with Crippen molar-refractivity contribution in [2.75, 3.05) is 5.75 Å². The van der Waals surface area contributed by atoms with E-state index in [4.69, 9.17) is 10.8 Å². The van der Waals surface area contributed by atoms with Crippen LogP contribution in [0.25, 0.3) is 0 Å². The van der Waals surface area contributed by atoms with Crippen molar-refractivity contribution < 1.29 is 13.5 Å². The number of aliphatic hydroxyl groups excluding tert-OH is 1. The molecule has 1 aliphatic heterocycles. The Hall–Kier alpha value is 0.350. The topological polar surface area (TPSA) is 80.4 Å². The van der Waals surface area contributed by atoms with Crippen LogP contribution in [0.4, 0.5) is 0 Å². The zero-order valence-electron chi connectivity index (χ0n) is 5.07. The summed E-state index contributed by atoms with van der Waals surface area (Å²) in [5.41, 5.74) is 5.29. The van der Waals surface area contributed by atoms with Crippen LogP contribution in [0.15, 0.2) is 0 Å². The summed E-state index contributed by atoms with van der Waals surface area (Å²) in [6, 6.07) is -0.644. The van der Waals surface area contributed by atoms with Crippen LogP contribution < -0.4 is 5.73 Å². The highest BCUT2D eigenvalue weighted by Crippen LogP contribution is 2.24. The predicted octanol–water partition coefficient (Wildman–Crippen LogP) is -1.18. The molecule has 0 aromatic heterocycles. The molecule has 0 aliphatic carbocycles. The highest BCUT2D eigenvalue weighted by atomic mass is 79.9. The van der Waals surface area contributed by atoms with Crippen LogP contribution >= 0.6 is 15.9 Å². The normalized spacial score (nSPS) is 45.7. The molecule has 1 saturated heterocycles. The van der Waals surface area contributed by atoms with E-state index < -0.39 is 26.1 Å². The molecule has 1 rings (SSSR count). The Morgan fingerprint density at radius 3 is 2.20 bits per heavy atom. The molecule has 1 fully saturated rings. The maximum absolute atomic E-state index is 10.9. The van der Waals surface area contributed by atoms with Crippen LogP contribution in [0.2, 0.25) is 0 Å². The van der Waals surface area contributed by atoms with Crippen LogP contribution in [0.3, 0.4) is 0 Å². The summed E-state index contributed by atoms with van der Waals surface area (Å²) in [6.07, 6.45) is -0.968. The average Bonchev–Trinajstić information content (AvgIpc) is 1.95. The summed E-state index contributed by atoms with van der Waals surface area (Å²) in [7, 11) is -3.18. The number of nitrogens with two attached hydrogens (primary N) is 1. The van der Waals surface area contributed by atoms with Gasteiger partial charge in [-0.05, 0) is 0 Å². The summed E-state index contributed by atoms with van der Waals surface area (Å²) in [5.74, 6) is -0.135. The lowest BCUT2D eigenvalue weighted by Gasteiger charge is -2.07. The summed E-state index contributed by atoms with van der Waals surface area (Å²) in [4.78, 5) is 0. The zero-order valence-corrected chi connectivity index (χ0v) is 7.47. The number of halogens is 1. The monoisotopic (exact) mass is 229 g/mol. The molecular weight excluding hydrogens is 222 g/mol. The highest BCUT2D eigenvalue weighted by Gasteiger charge is 2.42. The lowest BCUT2D eigenvalue weighted by molar-refractivity contribution is 0.177. The molecule has 0 bridgehead atoms. The standard InChI is InChI=1S/C4H8BrNO3S/c5-4-3(7)2(6)1-10(4,8)9/h2-4,7H,1,6H2/t2-,3+,4-/m1/s1. The highest BCUT2D eigenvalue weighted by molar-refractivity contribution is 9.11. The number of alkyl halides is 1. The smallest absolute Gasteiger partial charge is 0.167 e. The van der Waals surface area contributed by atoms with Gasteiger partial charge < -0.3 is 10.8 Å². The molecule has 4 nitrogen and oxygen atoms in total. The van der Waals surface area contributed by atoms with Gasteiger partial charge in [0, 0.05) is 6.04 Å². The Bertz CT molecular complexity index is 227. The lowest BCUT2D eigenvalue weighted by Crippen LogP contribution is -2.34. The van der Waals surface area contributed by atoms with Crippen LogP contribution in [0.5, 0.6) is 0 Å². The van der Waals surface area contributed by atoms with Gasteiger partial charge in [-0.1, -0.05) is 15.9 Å². The Morgan fingerprint density at radius 2 is 2.10 bits per heavy atom. The van der Waals surface area contributed by atoms with Gasteiger partial charge in [0.25, 0.3) is 0 Å². The fourth-order valence-corrected chi connectivity index (χ4v) is 3.26. The van der Waals surface area contributed by atoms with E-state index in [1.165, 1.54) is 0 Å². The third-order valence-electron chi connectivity index (χ3n) is 1.48. The largest absolute Gasteiger partial charge is 0.389 e. The summed E-state index contributed by atoms with van der Waals surface area (Å²) < 4.78 is 20.9. The van der Waals surface area contributed by atoms with Crippen molar-refractivity contribution in [3.05, 3.63) is 0 Å². The molecule has 60 valence electrons. The first-order chi connectivity index (χ1) is 4.45. The van der Waals surface area contributed by atoms with E-state index in [1.807, 2.05) is 0 Å². The van der Waals surface area contributed by atoms with Crippen LogP contribution in [-0.2, 0) is 9.84 Å². The number of hydrogen-bond acceptors (Lipinski definition) is 4. The van der Waals surface area contributed by atoms with Gasteiger partial charge in [0.05, 0.1) is 11.9 Å². The molecular formula is C4H8BrNO3S. The minimum atomic E-state index is -3.18. The molecule has 0 amide bonds. The molecule has 6 heteroatoms. The minimum absolute atomic E-state index is 0.135. The van der Waals surface area contributed by atoms with Crippen molar-refractivity contribution >= 4 is 25.8 Å². The van der Waals surface area contributed by atoms with Crippen molar-refractivity contribution in [2.45, 2.75) is 16.3 Å². The van der Waals surface area contributed by atoms with Gasteiger partial charge in [-0.2, -0.15) is 0 Å². The molecule has 0 aromatic carbocycles. The second kappa shape index (κ2) is 2.44. The summed E-state index contributed by atoms with van der Waals surface area (Å²) in [6.45, 7) is 0. The SMILES string of the molecule is N[C@@H]1CS(=O)(=O)[C@@H](Br)[C@H]1O. The molecule has 0 radical (unpaired) electrons. The first-order valence-corrected chi connectivity index (χ1v) is 5.37. The quantitative estimate of drug-likeness (QED) is 0.513. The number of rotatable bonds is 0. The third kappa shape index (κ3) is 1.20. The van der Waals surface area contributed by atoms with E-state index in [9.17, 15) is 8.42 Å². The summed E-state index contributed by atoms with van der Waals surface area (Å²) in [5, 5.41) is 9.05. The predicted molar refractivity (Wildman–Crippen MR) is 40.5 cm³/mol. The summed E-state index contributed by atoms with van der Waals surface area (Å²) >= 11 is 2.85. The molecule has 3 N–H and O–H groups in total. The number of hydrogen-bond donors (Lipinski definition) is 2. The van der Waals surface area contributed by atoms with Crippen LogP contribution in [0.1, 0.15) is 0 Å². The zero-order chi connectivity index (χ0) is 7.94. The molecule has 1 heterocycles. The van der Waals surface area contributed by atoms with Gasteiger partial charge in [0.15, 0.2) is 9.84 Å². The fraction of sp³-hybridized carbons (Fsp3) is 1.00. The van der Waals surface area contributed by atoms with E-state index in [0.29, 0.717) is 0 Å². The van der Waals surface area contributed by atoms with Crippen molar-refractivity contribution in [3.63, 3.8) is 0 Å². The van der Waals surface area contributed by atoms with E-state index in [2.05, 4.69) is 15.9 Å². The lowest BCUT2D eigenvalue weighted by atomic mass is 10.2. The van der Waals surface area contributed by atoms with Gasteiger partial charge >= 0.3 is 0 Å². The second-order valence-corrected chi connectivity index (χ2v) is 6.09. The molecule has 0 spiro atoms. The fourth-order valence-electron chi connectivity index (χ4n) is 0.866. The maximum Gasteiger partial charge on any atom is 0.167 e. The van der Waals surface area contributed by atoms with Gasteiger partial charge in [-0.25, -0.2) is 8.42 Å². The molecule has 10 heavy (non-hydrogen) atoms. The maximum atomic E-state index is 10.9. The minimum Gasteiger partial charge on any atom is -0.389 e. The Morgan fingerprint density at radius 1 is 1.60 bits per heavy atom. The Kier molecular flexibility index (Phi) is 2.06. The molecule has 0 saturated carbocycles. The number of aliphatic hydroxyl groups is 1. The van der Waals surface area contributed by atoms with Gasteiger partial charge in [0.2, 0.25) is 0 Å². The van der Waals surface area contributed by atoms with Crippen molar-refractivity contribution in [3.8, 4) is 0 Å². The van der Waals surface area contributed by atoms with Gasteiger partial charge in [-0.15, -0.1) is 0 Å². The Labute approximate surface area is 67.5 Å². The van der Waals surface area contributed by atoms with Crippen LogP contribution in [-0.4, -0.2) is 35.6 Å². The molecule has 3 atom stereocenters. The van der Waals surface area contributed by atoms with Crippen LogP contribution in [0, 0.1) is 0 Å². The number of sulfone groups is 1. The van der Waals surface area contributed by atoms with Gasteiger partial charge in [0.1, 0.15) is 4.16 Å². The second-order valence-electron chi connectivity index (χ2n) is 2.34. The molecule has 0 aromatic rings. The van der Waals surface area contributed by atoms with Gasteiger partial charge in [-0.3, -0.25) is 0 Å². The van der Waals surface area contributed by atoms with E-state index in [1.54, 1.807) is 0 Å². The van der Waals surface area contributed by atoms with E-state index in [0.717, 1.165) is 0 Å². The molecule has 0 unspecified atom stereocenters. The van der Waals surface area contributed by atoms with Crippen molar-refractivity contribution in [2.24, 2.45) is 5.73 Å². The average molecular weight is 230 g/mol. The third-order valence-corrected chi connectivity index (χ3v) is 5.54. The molecule has 1 aliphatic rings.